The topological polar surface area (TPSA) is 41.6 Å². The normalized spacial score (nSPS) is 18.2. The number of nitrogens with zero attached hydrogens (tertiary/aromatic N) is 1. The number of benzene rings is 1. The van der Waals surface area contributed by atoms with Crippen LogP contribution in [0.5, 0.6) is 0 Å². The average Bonchev–Trinajstić information content (AvgIpc) is 2.96. The van der Waals surface area contributed by atoms with Crippen molar-refractivity contribution in [3.05, 3.63) is 35.9 Å². The number of carbonyl (C=O) groups excluding carboxylic acids is 1. The van der Waals surface area contributed by atoms with Gasteiger partial charge in [0, 0.05) is 18.6 Å². The minimum absolute atomic E-state index is 0.153. The molecule has 0 aromatic heterocycles. The number of nitrogens with one attached hydrogen (secondary N) is 1. The molecular weight excluding hydrogens is 252 g/mol. The fraction of sp³-hybridized carbons (Fsp3) is 0.562. The van der Waals surface area contributed by atoms with Gasteiger partial charge >= 0.3 is 6.09 Å². The smallest absolute Gasteiger partial charge is 0.410 e. The van der Waals surface area contributed by atoms with Gasteiger partial charge in [-0.3, -0.25) is 0 Å². The van der Waals surface area contributed by atoms with Crippen LogP contribution in [0.25, 0.3) is 0 Å². The Hall–Kier alpha value is -1.55. The van der Waals surface area contributed by atoms with Gasteiger partial charge in [0.05, 0.1) is 0 Å². The van der Waals surface area contributed by atoms with Gasteiger partial charge in [0.15, 0.2) is 0 Å². The standard InChI is InChI=1S/C16H24N2O2/c1-13(2)18(11-15-9-6-10-17-15)16(19)20-12-14-7-4-3-5-8-14/h3-5,7-8,13,15,17H,6,9-12H2,1-2H3. The minimum Gasteiger partial charge on any atom is -0.445 e. The lowest BCUT2D eigenvalue weighted by atomic mass is 10.2. The number of amides is 1. The third kappa shape index (κ3) is 4.23. The zero-order valence-electron chi connectivity index (χ0n) is 12.3. The number of rotatable bonds is 5. The molecule has 0 saturated carbocycles. The predicted molar refractivity (Wildman–Crippen MR) is 79.5 cm³/mol. The van der Waals surface area contributed by atoms with E-state index >= 15 is 0 Å². The van der Waals surface area contributed by atoms with Crippen molar-refractivity contribution in [3.8, 4) is 0 Å². The zero-order valence-corrected chi connectivity index (χ0v) is 12.3. The van der Waals surface area contributed by atoms with Crippen LogP contribution in [0.3, 0.4) is 0 Å². The monoisotopic (exact) mass is 276 g/mol. The molecule has 0 spiro atoms. The molecule has 1 saturated heterocycles. The van der Waals surface area contributed by atoms with Crippen molar-refractivity contribution in [1.82, 2.24) is 10.2 Å². The lowest BCUT2D eigenvalue weighted by molar-refractivity contribution is 0.0825. The highest BCUT2D eigenvalue weighted by molar-refractivity contribution is 5.68. The quantitative estimate of drug-likeness (QED) is 0.899. The SMILES string of the molecule is CC(C)N(CC1CCCN1)C(=O)OCc1ccccc1. The van der Waals surface area contributed by atoms with E-state index in [4.69, 9.17) is 4.74 Å². The summed E-state index contributed by atoms with van der Waals surface area (Å²) in [6, 6.07) is 10.3. The second-order valence-corrected chi connectivity index (χ2v) is 5.58. The maximum absolute atomic E-state index is 12.2. The van der Waals surface area contributed by atoms with E-state index in [1.807, 2.05) is 49.1 Å². The van der Waals surface area contributed by atoms with Gasteiger partial charge in [-0.05, 0) is 38.8 Å². The molecule has 1 unspecified atom stereocenters. The molecule has 1 amide bonds. The Labute approximate surface area is 121 Å². The molecular formula is C16H24N2O2. The molecule has 0 radical (unpaired) electrons. The van der Waals surface area contributed by atoms with E-state index in [1.54, 1.807) is 0 Å². The van der Waals surface area contributed by atoms with Crippen molar-refractivity contribution < 1.29 is 9.53 Å². The summed E-state index contributed by atoms with van der Waals surface area (Å²) < 4.78 is 5.42. The van der Waals surface area contributed by atoms with Crippen LogP contribution in [-0.2, 0) is 11.3 Å². The van der Waals surface area contributed by atoms with Crippen LogP contribution in [0, 0.1) is 0 Å². The van der Waals surface area contributed by atoms with Gasteiger partial charge in [-0.25, -0.2) is 4.79 Å². The first kappa shape index (κ1) is 14.9. The van der Waals surface area contributed by atoms with Gasteiger partial charge in [0.1, 0.15) is 6.61 Å². The first-order valence-electron chi connectivity index (χ1n) is 7.37. The zero-order chi connectivity index (χ0) is 14.4. The number of hydrogen-bond acceptors (Lipinski definition) is 3. The molecule has 1 aromatic rings. The van der Waals surface area contributed by atoms with Crippen LogP contribution in [-0.4, -0.2) is 36.2 Å². The highest BCUT2D eigenvalue weighted by Crippen LogP contribution is 2.11. The van der Waals surface area contributed by atoms with Crippen molar-refractivity contribution in [2.75, 3.05) is 13.1 Å². The summed E-state index contributed by atoms with van der Waals surface area (Å²) in [7, 11) is 0. The third-order valence-electron chi connectivity index (χ3n) is 3.64. The Morgan fingerprint density at radius 1 is 1.40 bits per heavy atom. The molecule has 1 fully saturated rings. The molecule has 1 aromatic carbocycles. The van der Waals surface area contributed by atoms with E-state index in [0.29, 0.717) is 12.6 Å². The summed E-state index contributed by atoms with van der Waals surface area (Å²) in [6.45, 7) is 6.17. The van der Waals surface area contributed by atoms with Crippen molar-refractivity contribution in [1.29, 1.82) is 0 Å². The maximum Gasteiger partial charge on any atom is 0.410 e. The first-order chi connectivity index (χ1) is 9.66. The molecule has 110 valence electrons. The molecule has 0 aliphatic carbocycles. The van der Waals surface area contributed by atoms with E-state index in [2.05, 4.69) is 5.32 Å². The van der Waals surface area contributed by atoms with Gasteiger partial charge in [-0.2, -0.15) is 0 Å². The molecule has 20 heavy (non-hydrogen) atoms. The summed E-state index contributed by atoms with van der Waals surface area (Å²) >= 11 is 0. The highest BCUT2D eigenvalue weighted by Gasteiger charge is 2.24. The van der Waals surface area contributed by atoms with Gasteiger partial charge in [0.2, 0.25) is 0 Å². The van der Waals surface area contributed by atoms with Crippen molar-refractivity contribution >= 4 is 6.09 Å². The minimum atomic E-state index is -0.224. The summed E-state index contributed by atoms with van der Waals surface area (Å²) in [4.78, 5) is 14.0. The summed E-state index contributed by atoms with van der Waals surface area (Å²) in [5.74, 6) is 0. The fourth-order valence-corrected chi connectivity index (χ4v) is 2.45. The van der Waals surface area contributed by atoms with Crippen molar-refractivity contribution in [2.45, 2.75) is 45.4 Å². The van der Waals surface area contributed by atoms with E-state index in [-0.39, 0.29) is 12.1 Å². The van der Waals surface area contributed by atoms with Crippen molar-refractivity contribution in [3.63, 3.8) is 0 Å². The Kier molecular flexibility index (Phi) is 5.41. The van der Waals surface area contributed by atoms with Gasteiger partial charge in [0.25, 0.3) is 0 Å². The molecule has 1 aliphatic rings. The Balaban J connectivity index is 1.86. The van der Waals surface area contributed by atoms with Crippen LogP contribution in [0.4, 0.5) is 4.79 Å². The van der Waals surface area contributed by atoms with Crippen LogP contribution in [0.2, 0.25) is 0 Å². The molecule has 1 atom stereocenters. The maximum atomic E-state index is 12.2. The van der Waals surface area contributed by atoms with Crippen LogP contribution < -0.4 is 5.32 Å². The van der Waals surface area contributed by atoms with E-state index in [1.165, 1.54) is 6.42 Å². The van der Waals surface area contributed by atoms with E-state index < -0.39 is 0 Å². The lowest BCUT2D eigenvalue weighted by Gasteiger charge is -2.28. The molecule has 1 heterocycles. The number of carbonyl (C=O) groups is 1. The molecule has 1 N–H and O–H groups in total. The second kappa shape index (κ2) is 7.29. The first-order valence-corrected chi connectivity index (χ1v) is 7.37. The summed E-state index contributed by atoms with van der Waals surface area (Å²) in [5, 5.41) is 3.42. The van der Waals surface area contributed by atoms with Crippen molar-refractivity contribution in [2.24, 2.45) is 0 Å². The van der Waals surface area contributed by atoms with Gasteiger partial charge in [-0.15, -0.1) is 0 Å². The second-order valence-electron chi connectivity index (χ2n) is 5.58. The fourth-order valence-electron chi connectivity index (χ4n) is 2.45. The predicted octanol–water partition coefficient (Wildman–Crippen LogP) is 2.79. The molecule has 4 nitrogen and oxygen atoms in total. The molecule has 0 bridgehead atoms. The van der Waals surface area contributed by atoms with Crippen LogP contribution >= 0.6 is 0 Å². The largest absolute Gasteiger partial charge is 0.445 e. The van der Waals surface area contributed by atoms with Gasteiger partial charge in [-0.1, -0.05) is 30.3 Å². The van der Waals surface area contributed by atoms with Gasteiger partial charge < -0.3 is 15.0 Å². The highest BCUT2D eigenvalue weighted by atomic mass is 16.6. The molecule has 1 aliphatic heterocycles. The number of ether oxygens (including phenoxy) is 1. The summed E-state index contributed by atoms with van der Waals surface area (Å²) in [6.07, 6.45) is 2.10. The Morgan fingerprint density at radius 2 is 2.15 bits per heavy atom. The average molecular weight is 276 g/mol. The molecule has 4 heteroatoms. The van der Waals surface area contributed by atoms with E-state index in [0.717, 1.165) is 25.1 Å². The Morgan fingerprint density at radius 3 is 2.75 bits per heavy atom. The Bertz CT molecular complexity index is 414. The number of hydrogen-bond donors (Lipinski definition) is 1. The lowest BCUT2D eigenvalue weighted by Crippen LogP contribution is -2.44. The van der Waals surface area contributed by atoms with Crippen LogP contribution in [0.1, 0.15) is 32.3 Å². The third-order valence-corrected chi connectivity index (χ3v) is 3.64. The summed E-state index contributed by atoms with van der Waals surface area (Å²) in [5.41, 5.74) is 1.02. The van der Waals surface area contributed by atoms with Crippen LogP contribution in [0.15, 0.2) is 30.3 Å². The molecule has 2 rings (SSSR count). The van der Waals surface area contributed by atoms with E-state index in [9.17, 15) is 4.79 Å².